The van der Waals surface area contributed by atoms with Crippen LogP contribution in [0.1, 0.15) is 32.2 Å². The van der Waals surface area contributed by atoms with Crippen molar-refractivity contribution in [3.8, 4) is 0 Å². The van der Waals surface area contributed by atoms with Gasteiger partial charge >= 0.3 is 0 Å². The number of benzene rings is 3. The third-order valence-corrected chi connectivity index (χ3v) is 6.23. The van der Waals surface area contributed by atoms with E-state index in [-0.39, 0.29) is 16.6 Å². The maximum atomic E-state index is 12.8. The smallest absolute Gasteiger partial charge is 0.270 e. The van der Waals surface area contributed by atoms with E-state index >= 15 is 0 Å². The number of nitrogens with two attached hydrogens (primary N) is 1. The molecule has 0 unspecified atom stereocenters. The topological polar surface area (TPSA) is 141 Å². The third kappa shape index (κ3) is 4.84. The molecule has 5 rings (SSSR count). The summed E-state index contributed by atoms with van der Waals surface area (Å²) in [6.07, 6.45) is 0. The lowest BCUT2D eigenvalue weighted by Crippen LogP contribution is -2.17. The average molecular weight is 485 g/mol. The van der Waals surface area contributed by atoms with Gasteiger partial charge in [0.2, 0.25) is 0 Å². The van der Waals surface area contributed by atoms with Crippen molar-refractivity contribution in [1.82, 2.24) is 25.2 Å². The quantitative estimate of drug-likeness (QED) is 0.320. The molecule has 10 nitrogen and oxygen atoms in total. The first-order valence-corrected chi connectivity index (χ1v) is 11.5. The Kier molecular flexibility index (Phi) is 5.90. The Hall–Kier alpha value is -4.64. The lowest BCUT2D eigenvalue weighted by atomic mass is 10.1. The van der Waals surface area contributed by atoms with Crippen molar-refractivity contribution in [3.05, 3.63) is 89.4 Å². The number of hydrogen-bond acceptors (Lipinski definition) is 8. The van der Waals surface area contributed by atoms with Gasteiger partial charge in [-0.05, 0) is 58.0 Å². The number of hydrogen-bond donors (Lipinski definition) is 3. The van der Waals surface area contributed by atoms with Gasteiger partial charge in [0.1, 0.15) is 10.8 Å². The SMILES string of the molecule is Cc1nnnn1Cc1ccc(C(=O)Nc2sc(Nc3ccc4ccccc4c3)nc2C(N)=O)cc1. The molecule has 2 aromatic heterocycles. The average Bonchev–Trinajstić information content (AvgIpc) is 3.45. The molecule has 0 atom stereocenters. The Balaban J connectivity index is 1.32. The molecule has 0 bridgehead atoms. The van der Waals surface area contributed by atoms with Gasteiger partial charge in [-0.3, -0.25) is 9.59 Å². The minimum absolute atomic E-state index is 0.00239. The molecule has 0 saturated carbocycles. The number of fused-ring (bicyclic) bond motifs is 1. The molecule has 0 aliphatic carbocycles. The number of aryl methyl sites for hydroxylation is 1. The number of carbonyl (C=O) groups is 2. The number of nitrogens with zero attached hydrogens (tertiary/aromatic N) is 5. The van der Waals surface area contributed by atoms with Gasteiger partial charge in [-0.25, -0.2) is 9.67 Å². The van der Waals surface area contributed by atoms with Crippen LogP contribution in [0, 0.1) is 6.92 Å². The number of thiazole rings is 1. The minimum Gasteiger partial charge on any atom is -0.364 e. The Morgan fingerprint density at radius 3 is 2.51 bits per heavy atom. The van der Waals surface area contributed by atoms with Crippen LogP contribution in [-0.4, -0.2) is 37.0 Å². The molecule has 2 heterocycles. The predicted octanol–water partition coefficient (Wildman–Crippen LogP) is 3.73. The van der Waals surface area contributed by atoms with Gasteiger partial charge in [-0.15, -0.1) is 5.10 Å². The second-order valence-electron chi connectivity index (χ2n) is 7.78. The monoisotopic (exact) mass is 484 g/mol. The molecule has 3 aromatic carbocycles. The number of aromatic nitrogens is 5. The highest BCUT2D eigenvalue weighted by Gasteiger charge is 2.19. The fraction of sp³-hybridized carbons (Fsp3) is 0.0833. The molecule has 2 amide bonds. The maximum absolute atomic E-state index is 12.8. The summed E-state index contributed by atoms with van der Waals surface area (Å²) < 4.78 is 1.66. The van der Waals surface area contributed by atoms with E-state index in [9.17, 15) is 9.59 Å². The number of nitrogens with one attached hydrogen (secondary N) is 2. The zero-order valence-corrected chi connectivity index (χ0v) is 19.4. The molecule has 0 fully saturated rings. The number of amides is 2. The first kappa shape index (κ1) is 22.2. The third-order valence-electron chi connectivity index (χ3n) is 5.35. The largest absolute Gasteiger partial charge is 0.364 e. The molecule has 11 heteroatoms. The number of anilines is 3. The van der Waals surface area contributed by atoms with Crippen LogP contribution >= 0.6 is 11.3 Å². The number of rotatable bonds is 7. The number of carbonyl (C=O) groups excluding carboxylic acids is 2. The van der Waals surface area contributed by atoms with Crippen LogP contribution < -0.4 is 16.4 Å². The van der Waals surface area contributed by atoms with E-state index in [1.54, 1.807) is 16.8 Å². The van der Waals surface area contributed by atoms with E-state index in [1.807, 2.05) is 61.5 Å². The van der Waals surface area contributed by atoms with Gasteiger partial charge in [0.05, 0.1) is 6.54 Å². The van der Waals surface area contributed by atoms with Gasteiger partial charge in [0.25, 0.3) is 11.8 Å². The van der Waals surface area contributed by atoms with Crippen molar-refractivity contribution in [2.24, 2.45) is 5.73 Å². The predicted molar refractivity (Wildman–Crippen MR) is 134 cm³/mol. The van der Waals surface area contributed by atoms with Gasteiger partial charge in [-0.1, -0.05) is 53.8 Å². The lowest BCUT2D eigenvalue weighted by Gasteiger charge is -2.06. The van der Waals surface area contributed by atoms with E-state index < -0.39 is 5.91 Å². The Morgan fingerprint density at radius 2 is 1.80 bits per heavy atom. The lowest BCUT2D eigenvalue weighted by molar-refractivity contribution is 0.0997. The molecule has 0 saturated heterocycles. The van der Waals surface area contributed by atoms with Crippen LogP contribution in [0.3, 0.4) is 0 Å². The van der Waals surface area contributed by atoms with Crippen LogP contribution in [0.15, 0.2) is 66.7 Å². The van der Waals surface area contributed by atoms with Crippen LogP contribution in [0.2, 0.25) is 0 Å². The highest BCUT2D eigenvalue weighted by Crippen LogP contribution is 2.31. The highest BCUT2D eigenvalue weighted by atomic mass is 32.1. The van der Waals surface area contributed by atoms with Gasteiger partial charge in [-0.2, -0.15) is 0 Å². The standard InChI is InChI=1S/C24H20N8O2S/c1-14-29-30-31-32(14)13-15-6-8-17(9-7-15)22(34)28-23-20(21(25)33)27-24(35-23)26-19-11-10-16-4-2-3-5-18(16)12-19/h2-12H,13H2,1H3,(H2,25,33)(H,26,27)(H,28,34). The molecular formula is C24H20N8O2S. The van der Waals surface area contributed by atoms with Crippen LogP contribution in [0.4, 0.5) is 15.8 Å². The highest BCUT2D eigenvalue weighted by molar-refractivity contribution is 7.20. The summed E-state index contributed by atoms with van der Waals surface area (Å²) in [5, 5.41) is 20.2. The molecule has 0 spiro atoms. The van der Waals surface area contributed by atoms with E-state index in [0.29, 0.717) is 23.1 Å². The second kappa shape index (κ2) is 9.31. The van der Waals surface area contributed by atoms with Gasteiger partial charge in [0.15, 0.2) is 10.8 Å². The van der Waals surface area contributed by atoms with E-state index in [4.69, 9.17) is 5.73 Å². The first-order chi connectivity index (χ1) is 17.0. The summed E-state index contributed by atoms with van der Waals surface area (Å²) in [7, 11) is 0. The fourth-order valence-electron chi connectivity index (χ4n) is 3.52. The molecule has 35 heavy (non-hydrogen) atoms. The summed E-state index contributed by atoms with van der Waals surface area (Å²) in [5.74, 6) is -0.405. The zero-order chi connectivity index (χ0) is 24.4. The van der Waals surface area contributed by atoms with Crippen molar-refractivity contribution in [1.29, 1.82) is 0 Å². The fourth-order valence-corrected chi connectivity index (χ4v) is 4.41. The molecule has 4 N–H and O–H groups in total. The van der Waals surface area contributed by atoms with Crippen molar-refractivity contribution >= 4 is 49.7 Å². The second-order valence-corrected chi connectivity index (χ2v) is 8.78. The van der Waals surface area contributed by atoms with E-state index in [2.05, 4.69) is 31.1 Å². The zero-order valence-electron chi connectivity index (χ0n) is 18.6. The number of primary amides is 1. The molecule has 5 aromatic rings. The summed E-state index contributed by atoms with van der Waals surface area (Å²) in [4.78, 5) is 29.1. The Bertz CT molecular complexity index is 1540. The summed E-state index contributed by atoms with van der Waals surface area (Å²) >= 11 is 1.14. The van der Waals surface area contributed by atoms with E-state index in [0.717, 1.165) is 33.4 Å². The Labute approximate surface area is 203 Å². The molecule has 0 aliphatic heterocycles. The van der Waals surface area contributed by atoms with Gasteiger partial charge < -0.3 is 16.4 Å². The normalized spacial score (nSPS) is 10.9. The van der Waals surface area contributed by atoms with Crippen LogP contribution in [0.25, 0.3) is 10.8 Å². The number of tetrazole rings is 1. The van der Waals surface area contributed by atoms with Crippen molar-refractivity contribution < 1.29 is 9.59 Å². The summed E-state index contributed by atoms with van der Waals surface area (Å²) in [6.45, 7) is 2.31. The first-order valence-electron chi connectivity index (χ1n) is 10.7. The van der Waals surface area contributed by atoms with Crippen molar-refractivity contribution in [2.45, 2.75) is 13.5 Å². The summed E-state index contributed by atoms with van der Waals surface area (Å²) in [6, 6.07) is 20.9. The molecule has 0 aliphatic rings. The van der Waals surface area contributed by atoms with Crippen LogP contribution in [-0.2, 0) is 6.54 Å². The summed E-state index contributed by atoms with van der Waals surface area (Å²) in [5.41, 5.74) is 7.68. The van der Waals surface area contributed by atoms with E-state index in [1.165, 1.54) is 0 Å². The van der Waals surface area contributed by atoms with Gasteiger partial charge in [0, 0.05) is 11.3 Å². The Morgan fingerprint density at radius 1 is 1.03 bits per heavy atom. The van der Waals surface area contributed by atoms with Crippen LogP contribution in [0.5, 0.6) is 0 Å². The van der Waals surface area contributed by atoms with Crippen molar-refractivity contribution in [2.75, 3.05) is 10.6 Å². The maximum Gasteiger partial charge on any atom is 0.270 e. The van der Waals surface area contributed by atoms with Crippen molar-refractivity contribution in [3.63, 3.8) is 0 Å². The molecular weight excluding hydrogens is 464 g/mol. The molecule has 0 radical (unpaired) electrons. The minimum atomic E-state index is -0.727. The molecule has 174 valence electrons.